The standard InChI is InChI=1S/C15H11F2N5O/c1-9-8-12(22(21-9)15-18-6-3-7-19-15)20-14(23)13-10(16)4-2-5-11(13)17/h2-8H,1H3,(H,20,23). The van der Waals surface area contributed by atoms with Crippen LogP contribution in [0.3, 0.4) is 0 Å². The van der Waals surface area contributed by atoms with Crippen molar-refractivity contribution < 1.29 is 13.6 Å². The summed E-state index contributed by atoms with van der Waals surface area (Å²) in [5.74, 6) is -2.37. The van der Waals surface area contributed by atoms with E-state index in [9.17, 15) is 13.6 Å². The van der Waals surface area contributed by atoms with Crippen LogP contribution in [0.1, 0.15) is 16.1 Å². The van der Waals surface area contributed by atoms with Gasteiger partial charge in [0, 0.05) is 18.5 Å². The molecule has 3 rings (SSSR count). The van der Waals surface area contributed by atoms with Crippen molar-refractivity contribution in [1.82, 2.24) is 19.7 Å². The molecule has 3 aromatic rings. The van der Waals surface area contributed by atoms with Crippen LogP contribution in [0.2, 0.25) is 0 Å². The minimum Gasteiger partial charge on any atom is -0.306 e. The quantitative estimate of drug-likeness (QED) is 0.806. The van der Waals surface area contributed by atoms with Crippen molar-refractivity contribution in [3.8, 4) is 5.95 Å². The molecule has 0 radical (unpaired) electrons. The lowest BCUT2D eigenvalue weighted by molar-refractivity contribution is 0.101. The van der Waals surface area contributed by atoms with Gasteiger partial charge in [0.2, 0.25) is 0 Å². The summed E-state index contributed by atoms with van der Waals surface area (Å²) in [7, 11) is 0. The van der Waals surface area contributed by atoms with E-state index >= 15 is 0 Å². The largest absolute Gasteiger partial charge is 0.306 e. The second-order valence-corrected chi connectivity index (χ2v) is 4.68. The van der Waals surface area contributed by atoms with Gasteiger partial charge >= 0.3 is 0 Å². The molecule has 6 nitrogen and oxygen atoms in total. The summed E-state index contributed by atoms with van der Waals surface area (Å²) in [6, 6.07) is 6.40. The molecule has 116 valence electrons. The highest BCUT2D eigenvalue weighted by atomic mass is 19.1. The molecule has 1 aromatic carbocycles. The fourth-order valence-electron chi connectivity index (χ4n) is 2.04. The topological polar surface area (TPSA) is 72.7 Å². The van der Waals surface area contributed by atoms with Crippen LogP contribution in [-0.2, 0) is 0 Å². The fraction of sp³-hybridized carbons (Fsp3) is 0.0667. The first-order valence-electron chi connectivity index (χ1n) is 6.65. The summed E-state index contributed by atoms with van der Waals surface area (Å²) in [5, 5.41) is 6.59. The van der Waals surface area contributed by atoms with Crippen molar-refractivity contribution in [3.63, 3.8) is 0 Å². The molecule has 2 aromatic heterocycles. The first-order valence-corrected chi connectivity index (χ1v) is 6.65. The summed E-state index contributed by atoms with van der Waals surface area (Å²) in [5.41, 5.74) is -0.0753. The van der Waals surface area contributed by atoms with Crippen molar-refractivity contribution in [2.75, 3.05) is 5.32 Å². The maximum absolute atomic E-state index is 13.7. The lowest BCUT2D eigenvalue weighted by Gasteiger charge is -2.08. The number of nitrogens with zero attached hydrogens (tertiary/aromatic N) is 4. The number of halogens is 2. The van der Waals surface area contributed by atoms with Gasteiger partial charge in [0.05, 0.1) is 5.69 Å². The number of hydrogen-bond donors (Lipinski definition) is 1. The average Bonchev–Trinajstić information content (AvgIpc) is 2.88. The first kappa shape index (κ1) is 14.8. The highest BCUT2D eigenvalue weighted by Crippen LogP contribution is 2.18. The molecule has 0 aliphatic rings. The predicted octanol–water partition coefficient (Wildman–Crippen LogP) is 2.50. The molecule has 0 saturated heterocycles. The third kappa shape index (κ3) is 2.91. The Kier molecular flexibility index (Phi) is 3.80. The summed E-state index contributed by atoms with van der Waals surface area (Å²) in [4.78, 5) is 20.2. The summed E-state index contributed by atoms with van der Waals surface area (Å²) in [6.07, 6.45) is 3.03. The van der Waals surface area contributed by atoms with E-state index in [0.717, 1.165) is 12.1 Å². The number of aryl methyl sites for hydroxylation is 1. The van der Waals surface area contributed by atoms with Crippen molar-refractivity contribution >= 4 is 11.7 Å². The second-order valence-electron chi connectivity index (χ2n) is 4.68. The lowest BCUT2D eigenvalue weighted by atomic mass is 10.2. The van der Waals surface area contributed by atoms with Crippen molar-refractivity contribution in [3.05, 3.63) is 65.6 Å². The van der Waals surface area contributed by atoms with Crippen LogP contribution >= 0.6 is 0 Å². The average molecular weight is 315 g/mol. The molecule has 0 atom stereocenters. The SMILES string of the molecule is Cc1cc(NC(=O)c2c(F)cccc2F)n(-c2ncccn2)n1. The van der Waals surface area contributed by atoms with Gasteiger partial charge in [-0.3, -0.25) is 4.79 Å². The van der Waals surface area contributed by atoms with E-state index in [1.807, 2.05) is 0 Å². The molecule has 2 heterocycles. The van der Waals surface area contributed by atoms with E-state index in [0.29, 0.717) is 5.69 Å². The number of carbonyl (C=O) groups excluding carboxylic acids is 1. The monoisotopic (exact) mass is 315 g/mol. The smallest absolute Gasteiger partial charge is 0.262 e. The van der Waals surface area contributed by atoms with Crippen LogP contribution in [0.25, 0.3) is 5.95 Å². The molecular formula is C15H11F2N5O. The van der Waals surface area contributed by atoms with Gasteiger partial charge in [-0.15, -0.1) is 0 Å². The Balaban J connectivity index is 1.97. The molecule has 0 unspecified atom stereocenters. The first-order chi connectivity index (χ1) is 11.1. The predicted molar refractivity (Wildman–Crippen MR) is 78.2 cm³/mol. The molecule has 1 N–H and O–H groups in total. The van der Waals surface area contributed by atoms with E-state index in [1.54, 1.807) is 19.1 Å². The number of amides is 1. The van der Waals surface area contributed by atoms with Crippen LogP contribution in [0.15, 0.2) is 42.7 Å². The lowest BCUT2D eigenvalue weighted by Crippen LogP contribution is -2.18. The summed E-state index contributed by atoms with van der Waals surface area (Å²) < 4.78 is 28.7. The van der Waals surface area contributed by atoms with Crippen LogP contribution in [0.5, 0.6) is 0 Å². The number of rotatable bonds is 3. The molecule has 0 saturated carbocycles. The Labute approximate surface area is 129 Å². The van der Waals surface area contributed by atoms with Crippen molar-refractivity contribution in [1.29, 1.82) is 0 Å². The minimum absolute atomic E-state index is 0.210. The molecule has 0 bridgehead atoms. The number of anilines is 1. The van der Waals surface area contributed by atoms with Gasteiger partial charge in [0.25, 0.3) is 11.9 Å². The van der Waals surface area contributed by atoms with Gasteiger partial charge in [-0.05, 0) is 25.1 Å². The molecule has 23 heavy (non-hydrogen) atoms. The summed E-state index contributed by atoms with van der Waals surface area (Å²) >= 11 is 0. The van der Waals surface area contributed by atoms with Crippen molar-refractivity contribution in [2.45, 2.75) is 6.92 Å². The van der Waals surface area contributed by atoms with Gasteiger partial charge < -0.3 is 5.32 Å². The molecule has 0 aliphatic carbocycles. The number of carbonyl (C=O) groups is 1. The molecule has 8 heteroatoms. The molecule has 1 amide bonds. The third-order valence-corrected chi connectivity index (χ3v) is 3.00. The second kappa shape index (κ2) is 5.91. The van der Waals surface area contributed by atoms with Crippen LogP contribution < -0.4 is 5.32 Å². The zero-order chi connectivity index (χ0) is 16.4. The maximum Gasteiger partial charge on any atom is 0.262 e. The Morgan fingerprint density at radius 2 is 1.78 bits per heavy atom. The van der Waals surface area contributed by atoms with E-state index in [4.69, 9.17) is 0 Å². The minimum atomic E-state index is -0.943. The van der Waals surface area contributed by atoms with E-state index < -0.39 is 23.1 Å². The zero-order valence-electron chi connectivity index (χ0n) is 12.0. The fourth-order valence-corrected chi connectivity index (χ4v) is 2.04. The summed E-state index contributed by atoms with van der Waals surface area (Å²) in [6.45, 7) is 1.71. The van der Waals surface area contributed by atoms with Gasteiger partial charge in [-0.1, -0.05) is 6.07 Å². The van der Waals surface area contributed by atoms with Gasteiger partial charge in [0.1, 0.15) is 23.0 Å². The van der Waals surface area contributed by atoms with E-state index in [1.165, 1.54) is 23.1 Å². The molecule has 0 aliphatic heterocycles. The Morgan fingerprint density at radius 1 is 1.13 bits per heavy atom. The number of aromatic nitrogens is 4. The Hall–Kier alpha value is -3.16. The zero-order valence-corrected chi connectivity index (χ0v) is 12.0. The van der Waals surface area contributed by atoms with Gasteiger partial charge in [-0.25, -0.2) is 18.7 Å². The third-order valence-electron chi connectivity index (χ3n) is 3.00. The van der Waals surface area contributed by atoms with Gasteiger partial charge in [0.15, 0.2) is 0 Å². The van der Waals surface area contributed by atoms with Crippen LogP contribution in [-0.4, -0.2) is 25.7 Å². The maximum atomic E-state index is 13.7. The van der Waals surface area contributed by atoms with E-state index in [-0.39, 0.29) is 11.8 Å². The Morgan fingerprint density at radius 3 is 2.43 bits per heavy atom. The van der Waals surface area contributed by atoms with Crippen LogP contribution in [0.4, 0.5) is 14.6 Å². The van der Waals surface area contributed by atoms with Crippen LogP contribution in [0, 0.1) is 18.6 Å². The molecule has 0 spiro atoms. The molecular weight excluding hydrogens is 304 g/mol. The number of hydrogen-bond acceptors (Lipinski definition) is 4. The van der Waals surface area contributed by atoms with Gasteiger partial charge in [-0.2, -0.15) is 9.78 Å². The number of nitrogens with one attached hydrogen (secondary N) is 1. The molecule has 0 fully saturated rings. The number of benzene rings is 1. The highest BCUT2D eigenvalue weighted by molar-refractivity contribution is 6.04. The van der Waals surface area contributed by atoms with E-state index in [2.05, 4.69) is 20.4 Å². The Bertz CT molecular complexity index is 843. The normalized spacial score (nSPS) is 10.6. The highest BCUT2D eigenvalue weighted by Gasteiger charge is 2.19. The van der Waals surface area contributed by atoms with Crippen molar-refractivity contribution in [2.24, 2.45) is 0 Å².